The van der Waals surface area contributed by atoms with Gasteiger partial charge >= 0.3 is 0 Å². The number of amides is 1. The van der Waals surface area contributed by atoms with Gasteiger partial charge in [-0.3, -0.25) is 4.79 Å². The van der Waals surface area contributed by atoms with Crippen LogP contribution in [0.2, 0.25) is 0 Å². The van der Waals surface area contributed by atoms with E-state index in [0.717, 1.165) is 43.4 Å². The molecule has 0 saturated carbocycles. The lowest BCUT2D eigenvalue weighted by Gasteiger charge is -2.29. The van der Waals surface area contributed by atoms with Crippen LogP contribution in [-0.4, -0.2) is 53.0 Å². The number of carbonyl (C=O) groups excluding carboxylic acids is 1. The second-order valence-electron chi connectivity index (χ2n) is 7.12. The molecule has 28 heavy (non-hydrogen) atoms. The van der Waals surface area contributed by atoms with Crippen molar-refractivity contribution in [3.63, 3.8) is 0 Å². The number of carbonyl (C=O) groups is 1. The summed E-state index contributed by atoms with van der Waals surface area (Å²) in [4.78, 5) is 14.9. The predicted octanol–water partition coefficient (Wildman–Crippen LogP) is -0.573. The zero-order valence-electron chi connectivity index (χ0n) is 16.1. The van der Waals surface area contributed by atoms with Crippen LogP contribution >= 0.6 is 12.2 Å². The van der Waals surface area contributed by atoms with E-state index in [9.17, 15) is 9.18 Å². The lowest BCUT2D eigenvalue weighted by molar-refractivity contribution is -1.02. The first-order valence-electron chi connectivity index (χ1n) is 9.44. The second kappa shape index (κ2) is 9.22. The number of nitrogens with zero attached hydrogens (tertiary/aromatic N) is 3. The number of nitrogens with one attached hydrogen (secondary N) is 3. The molecule has 0 atom stereocenters. The zero-order chi connectivity index (χ0) is 20.1. The summed E-state index contributed by atoms with van der Waals surface area (Å²) in [5.74, 6) is 0.532. The van der Waals surface area contributed by atoms with Crippen LogP contribution in [0.25, 0.3) is 0 Å². The molecule has 0 bridgehead atoms. The monoisotopic (exact) mass is 406 g/mol. The fourth-order valence-corrected chi connectivity index (χ4v) is 3.77. The molecule has 1 saturated heterocycles. The molecule has 9 heteroatoms. The number of halogens is 1. The number of benzene rings is 1. The van der Waals surface area contributed by atoms with Crippen LogP contribution in [0.1, 0.15) is 5.82 Å². The molecule has 3 rings (SSSR count). The SMILES string of the molecule is C=CCn1c(C)nn(C[NH+]2CC[NH+](CC(=O)Nc3ccc(F)cc3)CC2)c1=S. The van der Waals surface area contributed by atoms with Gasteiger partial charge in [-0.25, -0.2) is 4.39 Å². The van der Waals surface area contributed by atoms with Crippen LogP contribution in [-0.2, 0) is 18.0 Å². The van der Waals surface area contributed by atoms with E-state index < -0.39 is 0 Å². The number of aryl methyl sites for hydroxylation is 1. The summed E-state index contributed by atoms with van der Waals surface area (Å²) in [5, 5.41) is 7.38. The third-order valence-corrected chi connectivity index (χ3v) is 5.43. The number of quaternary nitrogens is 2. The van der Waals surface area contributed by atoms with Gasteiger partial charge in [0.1, 0.15) is 37.8 Å². The molecule has 1 fully saturated rings. The van der Waals surface area contributed by atoms with Crippen molar-refractivity contribution in [3.05, 3.63) is 53.3 Å². The van der Waals surface area contributed by atoms with Gasteiger partial charge in [0.25, 0.3) is 5.91 Å². The first kappa shape index (κ1) is 20.4. The van der Waals surface area contributed by atoms with Gasteiger partial charge in [-0.2, -0.15) is 9.78 Å². The van der Waals surface area contributed by atoms with Gasteiger partial charge in [0.2, 0.25) is 4.77 Å². The van der Waals surface area contributed by atoms with Crippen molar-refractivity contribution in [2.24, 2.45) is 0 Å². The van der Waals surface area contributed by atoms with Crippen molar-refractivity contribution in [3.8, 4) is 0 Å². The third kappa shape index (κ3) is 5.12. The molecule has 0 aliphatic carbocycles. The quantitative estimate of drug-likeness (QED) is 0.426. The number of piperazine rings is 1. The molecule has 1 aliphatic rings. The van der Waals surface area contributed by atoms with E-state index in [0.29, 0.717) is 18.8 Å². The van der Waals surface area contributed by atoms with Crippen LogP contribution in [0.5, 0.6) is 0 Å². The van der Waals surface area contributed by atoms with Gasteiger partial charge < -0.3 is 19.7 Å². The van der Waals surface area contributed by atoms with Crippen molar-refractivity contribution >= 4 is 23.8 Å². The molecule has 2 aromatic rings. The average Bonchev–Trinajstić information content (AvgIpc) is 2.93. The molecule has 1 aromatic carbocycles. The smallest absolute Gasteiger partial charge is 0.279 e. The maximum absolute atomic E-state index is 12.9. The Labute approximate surface area is 169 Å². The minimum atomic E-state index is -0.313. The maximum atomic E-state index is 12.9. The maximum Gasteiger partial charge on any atom is 0.279 e. The van der Waals surface area contributed by atoms with Gasteiger partial charge in [0.05, 0.1) is 0 Å². The standard InChI is InChI=1S/C19H25FN6OS/c1-3-8-25-15(2)22-26(19(25)28)14-24-11-9-23(10-12-24)13-18(27)21-17-6-4-16(20)5-7-17/h3-7H,1,8-14H2,2H3,(H,21,27)/p+2. The molecular formula is C19H27FN6OS+2. The Morgan fingerprint density at radius 1 is 1.29 bits per heavy atom. The summed E-state index contributed by atoms with van der Waals surface area (Å²) in [7, 11) is 0. The van der Waals surface area contributed by atoms with Gasteiger partial charge in [-0.1, -0.05) is 6.08 Å². The molecule has 0 unspecified atom stereocenters. The van der Waals surface area contributed by atoms with Crippen LogP contribution in [0.4, 0.5) is 10.1 Å². The first-order valence-corrected chi connectivity index (χ1v) is 9.85. The number of allylic oxidation sites excluding steroid dienone is 1. The normalized spacial score (nSPS) is 19.4. The Kier molecular flexibility index (Phi) is 6.71. The minimum Gasteiger partial charge on any atom is -0.321 e. The Morgan fingerprint density at radius 2 is 1.93 bits per heavy atom. The zero-order valence-corrected chi connectivity index (χ0v) is 16.9. The van der Waals surface area contributed by atoms with Crippen LogP contribution in [0, 0.1) is 17.5 Å². The Morgan fingerprint density at radius 3 is 2.57 bits per heavy atom. The van der Waals surface area contributed by atoms with Gasteiger partial charge in [-0.05, 0) is 43.4 Å². The van der Waals surface area contributed by atoms with E-state index >= 15 is 0 Å². The Hall–Kier alpha value is -2.36. The van der Waals surface area contributed by atoms with E-state index in [2.05, 4.69) is 17.0 Å². The van der Waals surface area contributed by atoms with Gasteiger partial charge in [0.15, 0.2) is 13.2 Å². The summed E-state index contributed by atoms with van der Waals surface area (Å²) in [5.41, 5.74) is 0.620. The number of aromatic nitrogens is 3. The highest BCUT2D eigenvalue weighted by Gasteiger charge is 2.25. The highest BCUT2D eigenvalue weighted by atomic mass is 32.1. The molecule has 0 spiro atoms. The second-order valence-corrected chi connectivity index (χ2v) is 7.48. The molecule has 1 aliphatic heterocycles. The lowest BCUT2D eigenvalue weighted by atomic mass is 10.3. The van der Waals surface area contributed by atoms with Crippen molar-refractivity contribution in [1.82, 2.24) is 14.3 Å². The highest BCUT2D eigenvalue weighted by Crippen LogP contribution is 2.07. The predicted molar refractivity (Wildman–Crippen MR) is 107 cm³/mol. The summed E-state index contributed by atoms with van der Waals surface area (Å²) in [6, 6.07) is 5.82. The fourth-order valence-electron chi connectivity index (χ4n) is 3.46. The number of anilines is 1. The van der Waals surface area contributed by atoms with Crippen molar-refractivity contribution in [2.45, 2.75) is 20.1 Å². The molecule has 150 valence electrons. The third-order valence-electron chi connectivity index (χ3n) is 5.00. The summed E-state index contributed by atoms with van der Waals surface area (Å²) < 4.78 is 17.5. The van der Waals surface area contributed by atoms with Crippen molar-refractivity contribution in [2.75, 3.05) is 38.0 Å². The molecule has 2 heterocycles. The summed E-state index contributed by atoms with van der Waals surface area (Å²) in [6.45, 7) is 11.3. The average molecular weight is 407 g/mol. The Balaban J connectivity index is 1.47. The largest absolute Gasteiger partial charge is 0.321 e. The van der Waals surface area contributed by atoms with Crippen molar-refractivity contribution < 1.29 is 19.0 Å². The first-order chi connectivity index (χ1) is 13.5. The van der Waals surface area contributed by atoms with Gasteiger partial charge in [-0.15, -0.1) is 6.58 Å². The van der Waals surface area contributed by atoms with Crippen molar-refractivity contribution in [1.29, 1.82) is 0 Å². The summed E-state index contributed by atoms with van der Waals surface area (Å²) >= 11 is 5.52. The molecular weight excluding hydrogens is 379 g/mol. The summed E-state index contributed by atoms with van der Waals surface area (Å²) in [6.07, 6.45) is 1.82. The van der Waals surface area contributed by atoms with E-state index in [1.807, 2.05) is 22.2 Å². The number of hydrogen-bond acceptors (Lipinski definition) is 3. The van der Waals surface area contributed by atoms with Crippen LogP contribution in [0.15, 0.2) is 36.9 Å². The molecule has 1 aromatic heterocycles. The fraction of sp³-hybridized carbons (Fsp3) is 0.421. The van der Waals surface area contributed by atoms with E-state index in [1.165, 1.54) is 21.9 Å². The number of hydrogen-bond donors (Lipinski definition) is 3. The topological polar surface area (TPSA) is 60.7 Å². The minimum absolute atomic E-state index is 0.0499. The van der Waals surface area contributed by atoms with E-state index in [1.54, 1.807) is 12.1 Å². The Bertz CT molecular complexity index is 883. The molecule has 1 amide bonds. The molecule has 0 radical (unpaired) electrons. The van der Waals surface area contributed by atoms with E-state index in [4.69, 9.17) is 12.2 Å². The highest BCUT2D eigenvalue weighted by molar-refractivity contribution is 7.71. The van der Waals surface area contributed by atoms with Crippen LogP contribution in [0.3, 0.4) is 0 Å². The lowest BCUT2D eigenvalue weighted by Crippen LogP contribution is -3.28. The molecule has 3 N–H and O–H groups in total. The van der Waals surface area contributed by atoms with Gasteiger partial charge in [0, 0.05) is 12.2 Å². The van der Waals surface area contributed by atoms with Crippen LogP contribution < -0.4 is 15.1 Å². The van der Waals surface area contributed by atoms with E-state index in [-0.39, 0.29) is 11.7 Å². The molecule has 7 nitrogen and oxygen atoms in total. The number of rotatable bonds is 7.